The largest absolute Gasteiger partial charge is 0.497 e. The maximum Gasteiger partial charge on any atom is 0.128 e. The molecule has 2 aliphatic heterocycles. The molecular formula is C23H28O6. The fourth-order valence-electron chi connectivity index (χ4n) is 4.39. The third-order valence-corrected chi connectivity index (χ3v) is 5.77. The van der Waals surface area contributed by atoms with Crippen molar-refractivity contribution in [2.75, 3.05) is 41.7 Å². The lowest BCUT2D eigenvalue weighted by molar-refractivity contribution is -0.0317. The van der Waals surface area contributed by atoms with E-state index in [0.717, 1.165) is 47.0 Å². The van der Waals surface area contributed by atoms with E-state index < -0.39 is 0 Å². The highest BCUT2D eigenvalue weighted by molar-refractivity contribution is 5.51. The normalized spacial score (nSPS) is 20.4. The van der Waals surface area contributed by atoms with Crippen LogP contribution in [0.1, 0.15) is 40.9 Å². The summed E-state index contributed by atoms with van der Waals surface area (Å²) < 4.78 is 34.6. The molecule has 2 heterocycles. The van der Waals surface area contributed by atoms with Crippen LogP contribution in [0.5, 0.6) is 23.0 Å². The smallest absolute Gasteiger partial charge is 0.128 e. The van der Waals surface area contributed by atoms with Crippen LogP contribution >= 0.6 is 0 Å². The number of hydrogen-bond acceptors (Lipinski definition) is 6. The van der Waals surface area contributed by atoms with E-state index in [-0.39, 0.29) is 12.2 Å². The van der Waals surface area contributed by atoms with Gasteiger partial charge in [0.25, 0.3) is 0 Å². The second-order valence-electron chi connectivity index (χ2n) is 7.26. The zero-order chi connectivity index (χ0) is 20.4. The highest BCUT2D eigenvalue weighted by atomic mass is 16.5. The Bertz CT molecular complexity index is 772. The van der Waals surface area contributed by atoms with Crippen molar-refractivity contribution >= 4 is 0 Å². The van der Waals surface area contributed by atoms with Crippen LogP contribution < -0.4 is 18.9 Å². The molecule has 0 N–H and O–H groups in total. The average molecular weight is 400 g/mol. The highest BCUT2D eigenvalue weighted by Crippen LogP contribution is 2.46. The van der Waals surface area contributed by atoms with Crippen molar-refractivity contribution in [2.45, 2.75) is 31.5 Å². The van der Waals surface area contributed by atoms with Crippen molar-refractivity contribution in [2.24, 2.45) is 0 Å². The van der Waals surface area contributed by atoms with E-state index in [9.17, 15) is 0 Å². The first-order valence-corrected chi connectivity index (χ1v) is 9.91. The molecule has 4 rings (SSSR count). The van der Waals surface area contributed by atoms with Crippen LogP contribution in [0.4, 0.5) is 0 Å². The lowest BCUT2D eigenvalue weighted by atomic mass is 9.88. The van der Waals surface area contributed by atoms with Crippen LogP contribution in [0, 0.1) is 0 Å². The first-order valence-electron chi connectivity index (χ1n) is 9.91. The van der Waals surface area contributed by atoms with Gasteiger partial charge in [-0.05, 0) is 36.1 Å². The van der Waals surface area contributed by atoms with Gasteiger partial charge in [-0.3, -0.25) is 0 Å². The zero-order valence-electron chi connectivity index (χ0n) is 17.4. The molecule has 0 amide bonds. The molecule has 0 fully saturated rings. The molecule has 0 aliphatic carbocycles. The number of ether oxygens (including phenoxy) is 6. The third-order valence-electron chi connectivity index (χ3n) is 5.77. The summed E-state index contributed by atoms with van der Waals surface area (Å²) in [5.41, 5.74) is 4.58. The van der Waals surface area contributed by atoms with E-state index in [4.69, 9.17) is 28.4 Å². The van der Waals surface area contributed by atoms with Gasteiger partial charge in [0.1, 0.15) is 23.0 Å². The Morgan fingerprint density at radius 2 is 1.14 bits per heavy atom. The highest BCUT2D eigenvalue weighted by Gasteiger charge is 2.33. The number of hydrogen-bond donors (Lipinski definition) is 0. The molecule has 0 aromatic heterocycles. The SMILES string of the molecule is COc1cc2c(c(OC)c1)C(CC1OCCc3cc(OC)cc(OC)c31)OCC2. The molecule has 0 radical (unpaired) electrons. The van der Waals surface area contributed by atoms with Gasteiger partial charge in [-0.25, -0.2) is 0 Å². The Kier molecular flexibility index (Phi) is 5.83. The quantitative estimate of drug-likeness (QED) is 0.730. The van der Waals surface area contributed by atoms with E-state index in [1.165, 1.54) is 11.1 Å². The number of methoxy groups -OCH3 is 4. The minimum atomic E-state index is -0.123. The van der Waals surface area contributed by atoms with Gasteiger partial charge in [-0.2, -0.15) is 0 Å². The summed E-state index contributed by atoms with van der Waals surface area (Å²) in [6.45, 7) is 1.32. The zero-order valence-corrected chi connectivity index (χ0v) is 17.4. The van der Waals surface area contributed by atoms with Crippen LogP contribution in [0.2, 0.25) is 0 Å². The van der Waals surface area contributed by atoms with Crippen LogP contribution in [0.25, 0.3) is 0 Å². The Labute approximate surface area is 171 Å². The molecule has 6 nitrogen and oxygen atoms in total. The maximum atomic E-state index is 6.19. The van der Waals surface area contributed by atoms with Gasteiger partial charge in [-0.15, -0.1) is 0 Å². The predicted octanol–water partition coefficient (Wildman–Crippen LogP) is 4.04. The molecule has 2 atom stereocenters. The van der Waals surface area contributed by atoms with Crippen LogP contribution in [-0.4, -0.2) is 41.7 Å². The number of fused-ring (bicyclic) bond motifs is 2. The maximum absolute atomic E-state index is 6.19. The molecule has 0 saturated carbocycles. The molecular weight excluding hydrogens is 372 g/mol. The first kappa shape index (κ1) is 19.9. The van der Waals surface area contributed by atoms with Crippen molar-refractivity contribution in [1.82, 2.24) is 0 Å². The van der Waals surface area contributed by atoms with Crippen molar-refractivity contribution in [3.63, 3.8) is 0 Å². The van der Waals surface area contributed by atoms with Gasteiger partial charge in [0.15, 0.2) is 0 Å². The molecule has 6 heteroatoms. The Morgan fingerprint density at radius 3 is 1.52 bits per heavy atom. The second-order valence-corrected chi connectivity index (χ2v) is 7.26. The monoisotopic (exact) mass is 400 g/mol. The summed E-state index contributed by atoms with van der Waals surface area (Å²) in [5.74, 6) is 3.19. The molecule has 0 bridgehead atoms. The van der Waals surface area contributed by atoms with E-state index in [0.29, 0.717) is 19.6 Å². The molecule has 29 heavy (non-hydrogen) atoms. The molecule has 2 aromatic carbocycles. The fraction of sp³-hybridized carbons (Fsp3) is 0.478. The number of benzene rings is 2. The predicted molar refractivity (Wildman–Crippen MR) is 109 cm³/mol. The minimum absolute atomic E-state index is 0.123. The standard InChI is InChI=1S/C23H28O6/c1-24-16-9-14-5-7-28-20(22(14)18(11-16)26-3)13-21-23-15(6-8-29-21)10-17(25-2)12-19(23)27-4/h9-12,20-21H,5-8,13H2,1-4H3. The van der Waals surface area contributed by atoms with Crippen molar-refractivity contribution in [1.29, 1.82) is 0 Å². The molecule has 0 saturated heterocycles. The lowest BCUT2D eigenvalue weighted by Gasteiger charge is -2.34. The average Bonchev–Trinajstić information content (AvgIpc) is 2.77. The minimum Gasteiger partial charge on any atom is -0.497 e. The van der Waals surface area contributed by atoms with Crippen LogP contribution in [0.15, 0.2) is 24.3 Å². The van der Waals surface area contributed by atoms with Crippen LogP contribution in [0.3, 0.4) is 0 Å². The van der Waals surface area contributed by atoms with E-state index in [2.05, 4.69) is 12.1 Å². The fourth-order valence-corrected chi connectivity index (χ4v) is 4.39. The van der Waals surface area contributed by atoms with Gasteiger partial charge < -0.3 is 28.4 Å². The summed E-state index contributed by atoms with van der Waals surface area (Å²) >= 11 is 0. The molecule has 0 spiro atoms. The Balaban J connectivity index is 1.69. The Morgan fingerprint density at radius 1 is 0.690 bits per heavy atom. The van der Waals surface area contributed by atoms with Gasteiger partial charge in [0.05, 0.1) is 53.9 Å². The number of rotatable bonds is 6. The molecule has 2 aromatic rings. The van der Waals surface area contributed by atoms with E-state index >= 15 is 0 Å². The second kappa shape index (κ2) is 8.51. The van der Waals surface area contributed by atoms with Gasteiger partial charge in [0, 0.05) is 29.7 Å². The van der Waals surface area contributed by atoms with Crippen molar-refractivity contribution < 1.29 is 28.4 Å². The van der Waals surface area contributed by atoms with Gasteiger partial charge >= 0.3 is 0 Å². The first-order chi connectivity index (χ1) is 14.2. The third kappa shape index (κ3) is 3.74. The van der Waals surface area contributed by atoms with Crippen LogP contribution in [-0.2, 0) is 22.3 Å². The molecule has 156 valence electrons. The molecule has 2 aliphatic rings. The van der Waals surface area contributed by atoms with E-state index in [1.54, 1.807) is 28.4 Å². The Hall–Kier alpha value is -2.44. The van der Waals surface area contributed by atoms with Crippen molar-refractivity contribution in [3.05, 3.63) is 46.5 Å². The molecule has 2 unspecified atom stereocenters. The summed E-state index contributed by atoms with van der Waals surface area (Å²) in [6.07, 6.45) is 2.11. The topological polar surface area (TPSA) is 55.4 Å². The summed E-state index contributed by atoms with van der Waals surface area (Å²) in [6, 6.07) is 7.99. The van der Waals surface area contributed by atoms with Gasteiger partial charge in [0.2, 0.25) is 0 Å². The summed E-state index contributed by atoms with van der Waals surface area (Å²) in [7, 11) is 6.71. The van der Waals surface area contributed by atoms with E-state index in [1.807, 2.05) is 12.1 Å². The van der Waals surface area contributed by atoms with Crippen molar-refractivity contribution in [3.8, 4) is 23.0 Å². The van der Waals surface area contributed by atoms with Gasteiger partial charge in [-0.1, -0.05) is 0 Å². The summed E-state index contributed by atoms with van der Waals surface area (Å²) in [5, 5.41) is 0. The lowest BCUT2D eigenvalue weighted by Crippen LogP contribution is -2.24. The summed E-state index contributed by atoms with van der Waals surface area (Å²) in [4.78, 5) is 0.